The van der Waals surface area contributed by atoms with Crippen LogP contribution in [0.3, 0.4) is 0 Å². The molecule has 0 saturated carbocycles. The molecule has 1 aromatic heterocycles. The number of anilines is 1. The van der Waals surface area contributed by atoms with Gasteiger partial charge in [-0.2, -0.15) is 0 Å². The van der Waals surface area contributed by atoms with E-state index in [1.165, 1.54) is 29.7 Å². The van der Waals surface area contributed by atoms with E-state index in [4.69, 9.17) is 5.73 Å². The van der Waals surface area contributed by atoms with Crippen LogP contribution in [0, 0.1) is 5.82 Å². The first-order chi connectivity index (χ1) is 8.50. The first-order valence-corrected chi connectivity index (χ1v) is 7.28. The Balaban J connectivity index is 2.26. The summed E-state index contributed by atoms with van der Waals surface area (Å²) in [5.41, 5.74) is 6.95. The van der Waals surface area contributed by atoms with E-state index in [0.717, 1.165) is 10.9 Å². The predicted octanol–water partition coefficient (Wildman–Crippen LogP) is 1.34. The zero-order chi connectivity index (χ0) is 13.2. The van der Waals surface area contributed by atoms with Crippen LogP contribution in [-0.4, -0.2) is 13.4 Å². The van der Waals surface area contributed by atoms with Gasteiger partial charge in [-0.25, -0.2) is 17.5 Å². The van der Waals surface area contributed by atoms with Crippen LogP contribution in [0.15, 0.2) is 34.8 Å². The third-order valence-corrected chi connectivity index (χ3v) is 4.46. The number of nitrogens with two attached hydrogens (primary N) is 1. The van der Waals surface area contributed by atoms with Crippen LogP contribution in [0.25, 0.3) is 0 Å². The van der Waals surface area contributed by atoms with Gasteiger partial charge in [-0.05, 0) is 12.1 Å². The zero-order valence-electron chi connectivity index (χ0n) is 9.13. The lowest BCUT2D eigenvalue weighted by Gasteiger charge is -2.08. The molecule has 0 saturated heterocycles. The van der Waals surface area contributed by atoms with Crippen LogP contribution in [-0.2, 0) is 16.6 Å². The third kappa shape index (κ3) is 2.66. The molecule has 1 aromatic carbocycles. The summed E-state index contributed by atoms with van der Waals surface area (Å²) >= 11 is 1.30. The normalized spacial score (nSPS) is 11.6. The van der Waals surface area contributed by atoms with Crippen molar-refractivity contribution < 1.29 is 12.8 Å². The maximum atomic E-state index is 13.5. The van der Waals surface area contributed by atoms with E-state index >= 15 is 0 Å². The summed E-state index contributed by atoms with van der Waals surface area (Å²) in [7, 11) is -3.97. The van der Waals surface area contributed by atoms with Gasteiger partial charge in [0.1, 0.15) is 10.7 Å². The molecule has 5 nitrogen and oxygen atoms in total. The molecular weight excluding hydrogens is 277 g/mol. The monoisotopic (exact) mass is 287 g/mol. The number of rotatable bonds is 4. The van der Waals surface area contributed by atoms with Crippen LogP contribution in [0.5, 0.6) is 0 Å². The molecule has 96 valence electrons. The Morgan fingerprint density at radius 2 is 2.22 bits per heavy atom. The number of nitrogens with one attached hydrogen (secondary N) is 1. The summed E-state index contributed by atoms with van der Waals surface area (Å²) < 4.78 is 39.6. The lowest BCUT2D eigenvalue weighted by Crippen LogP contribution is -2.24. The highest BCUT2D eigenvalue weighted by Crippen LogP contribution is 2.21. The number of halogens is 1. The molecule has 18 heavy (non-hydrogen) atoms. The fraction of sp³-hybridized carbons (Fsp3) is 0.100. The molecule has 2 rings (SSSR count). The van der Waals surface area contributed by atoms with E-state index in [1.807, 2.05) is 0 Å². The molecule has 1 heterocycles. The lowest BCUT2D eigenvalue weighted by molar-refractivity contribution is 0.558. The van der Waals surface area contributed by atoms with Crippen LogP contribution in [0.2, 0.25) is 0 Å². The number of benzene rings is 1. The van der Waals surface area contributed by atoms with E-state index in [0.29, 0.717) is 0 Å². The summed E-state index contributed by atoms with van der Waals surface area (Å²) in [5.74, 6) is -0.869. The fourth-order valence-corrected chi connectivity index (χ4v) is 3.20. The van der Waals surface area contributed by atoms with Crippen molar-refractivity contribution in [1.82, 2.24) is 9.71 Å². The third-order valence-electron chi connectivity index (χ3n) is 2.19. The lowest BCUT2D eigenvalue weighted by atomic mass is 10.3. The van der Waals surface area contributed by atoms with Gasteiger partial charge in [0.2, 0.25) is 10.0 Å². The van der Waals surface area contributed by atoms with E-state index in [2.05, 4.69) is 9.71 Å². The van der Waals surface area contributed by atoms with Crippen molar-refractivity contribution in [3.63, 3.8) is 0 Å². The molecule has 0 aliphatic heterocycles. The van der Waals surface area contributed by atoms with E-state index in [-0.39, 0.29) is 12.2 Å². The minimum Gasteiger partial charge on any atom is -0.398 e. The molecule has 0 atom stereocenters. The van der Waals surface area contributed by atoms with Crippen molar-refractivity contribution in [2.24, 2.45) is 0 Å². The first-order valence-electron chi connectivity index (χ1n) is 4.92. The Morgan fingerprint density at radius 1 is 1.44 bits per heavy atom. The average molecular weight is 287 g/mol. The molecule has 0 fully saturated rings. The summed E-state index contributed by atoms with van der Waals surface area (Å²) in [4.78, 5) is 4.03. The molecule has 0 bridgehead atoms. The predicted molar refractivity (Wildman–Crippen MR) is 67.0 cm³/mol. The molecule has 3 N–H and O–H groups in total. The molecule has 0 amide bonds. The second-order valence-corrected chi connectivity index (χ2v) is 6.13. The zero-order valence-corrected chi connectivity index (χ0v) is 10.8. The van der Waals surface area contributed by atoms with Crippen LogP contribution >= 0.6 is 11.3 Å². The van der Waals surface area contributed by atoms with Crippen molar-refractivity contribution in [3.05, 3.63) is 40.6 Å². The minimum absolute atomic E-state index is 0.0563. The van der Waals surface area contributed by atoms with Crippen molar-refractivity contribution in [3.8, 4) is 0 Å². The topological polar surface area (TPSA) is 85.1 Å². The molecular formula is C10H10FN3O2S2. The van der Waals surface area contributed by atoms with Gasteiger partial charge in [-0.3, -0.25) is 4.98 Å². The highest BCUT2D eigenvalue weighted by molar-refractivity contribution is 7.89. The van der Waals surface area contributed by atoms with Gasteiger partial charge in [-0.15, -0.1) is 11.3 Å². The van der Waals surface area contributed by atoms with E-state index in [9.17, 15) is 12.8 Å². The Bertz CT molecular complexity index is 621. The van der Waals surface area contributed by atoms with Crippen LogP contribution in [0.1, 0.15) is 4.88 Å². The molecule has 0 aliphatic carbocycles. The fourth-order valence-electron chi connectivity index (χ4n) is 1.38. The van der Waals surface area contributed by atoms with Gasteiger partial charge < -0.3 is 5.73 Å². The van der Waals surface area contributed by atoms with Gasteiger partial charge in [0.05, 0.1) is 11.2 Å². The van der Waals surface area contributed by atoms with Crippen molar-refractivity contribution >= 4 is 27.0 Å². The summed E-state index contributed by atoms with van der Waals surface area (Å²) in [6.07, 6.45) is 1.54. The van der Waals surface area contributed by atoms with Crippen LogP contribution in [0.4, 0.5) is 10.1 Å². The Morgan fingerprint density at radius 3 is 2.83 bits per heavy atom. The van der Waals surface area contributed by atoms with Gasteiger partial charge in [0, 0.05) is 17.6 Å². The molecule has 0 spiro atoms. The molecule has 2 aromatic rings. The first kappa shape index (κ1) is 12.9. The Hall–Kier alpha value is -1.51. The largest absolute Gasteiger partial charge is 0.398 e. The smallest absolute Gasteiger partial charge is 0.245 e. The standard InChI is InChI=1S/C10H10FN3O2S2/c11-8-2-1-3-9(12)10(8)18(15,16)14-5-7-4-13-6-17-7/h1-4,6,14H,5,12H2. The summed E-state index contributed by atoms with van der Waals surface area (Å²) in [5, 5.41) is 0. The number of sulfonamides is 1. The molecule has 8 heteroatoms. The number of nitrogen functional groups attached to an aromatic ring is 1. The molecule has 0 radical (unpaired) electrons. The Kier molecular flexibility index (Phi) is 3.60. The van der Waals surface area contributed by atoms with Gasteiger partial charge >= 0.3 is 0 Å². The number of thiazole rings is 1. The number of hydrogen-bond acceptors (Lipinski definition) is 5. The SMILES string of the molecule is Nc1cccc(F)c1S(=O)(=O)NCc1cncs1. The maximum absolute atomic E-state index is 13.5. The van der Waals surface area contributed by atoms with Crippen molar-refractivity contribution in [2.75, 3.05) is 5.73 Å². The van der Waals surface area contributed by atoms with Crippen molar-refractivity contribution in [1.29, 1.82) is 0 Å². The summed E-state index contributed by atoms with van der Waals surface area (Å²) in [6.45, 7) is 0.0563. The quantitative estimate of drug-likeness (QED) is 0.831. The summed E-state index contributed by atoms with van der Waals surface area (Å²) in [6, 6.07) is 3.74. The highest BCUT2D eigenvalue weighted by Gasteiger charge is 2.21. The number of nitrogens with zero attached hydrogens (tertiary/aromatic N) is 1. The van der Waals surface area contributed by atoms with Gasteiger partial charge in [-0.1, -0.05) is 6.07 Å². The Labute approximate surface area is 108 Å². The maximum Gasteiger partial charge on any atom is 0.245 e. The van der Waals surface area contributed by atoms with E-state index in [1.54, 1.807) is 5.51 Å². The van der Waals surface area contributed by atoms with Crippen molar-refractivity contribution in [2.45, 2.75) is 11.4 Å². The second kappa shape index (κ2) is 5.01. The van der Waals surface area contributed by atoms with Crippen LogP contribution < -0.4 is 10.5 Å². The highest BCUT2D eigenvalue weighted by atomic mass is 32.2. The number of hydrogen-bond donors (Lipinski definition) is 2. The number of aromatic nitrogens is 1. The van der Waals surface area contributed by atoms with Gasteiger partial charge in [0.15, 0.2) is 0 Å². The molecule has 0 unspecified atom stereocenters. The van der Waals surface area contributed by atoms with Gasteiger partial charge in [0.25, 0.3) is 0 Å². The van der Waals surface area contributed by atoms with E-state index < -0.39 is 20.7 Å². The average Bonchev–Trinajstić information content (AvgIpc) is 2.78. The minimum atomic E-state index is -3.97. The molecule has 0 aliphatic rings. The second-order valence-electron chi connectivity index (χ2n) is 3.45.